The number of esters is 2. The van der Waals surface area contributed by atoms with E-state index in [1.165, 1.54) is 28.8 Å². The zero-order chi connectivity index (χ0) is 18.9. The van der Waals surface area contributed by atoms with E-state index in [4.69, 9.17) is 21.1 Å². The van der Waals surface area contributed by atoms with Crippen LogP contribution in [0.4, 0.5) is 0 Å². The molecule has 0 unspecified atom stereocenters. The molecule has 1 fully saturated rings. The maximum absolute atomic E-state index is 11.9. The monoisotopic (exact) mass is 395 g/mol. The van der Waals surface area contributed by atoms with Crippen LogP contribution in [0.25, 0.3) is 6.08 Å². The van der Waals surface area contributed by atoms with Crippen molar-refractivity contribution in [3.8, 4) is 0 Å². The van der Waals surface area contributed by atoms with Gasteiger partial charge in [-0.05, 0) is 24.6 Å². The summed E-state index contributed by atoms with van der Waals surface area (Å²) < 4.78 is 9.94. The fourth-order valence-corrected chi connectivity index (χ4v) is 3.26. The Kier molecular flexibility index (Phi) is 7.74. The summed E-state index contributed by atoms with van der Waals surface area (Å²) in [4.78, 5) is 36.6. The first-order chi connectivity index (χ1) is 12.5. The maximum atomic E-state index is 11.9. The first kappa shape index (κ1) is 20.1. The van der Waals surface area contributed by atoms with E-state index in [0.29, 0.717) is 15.6 Å². The molecule has 0 atom stereocenters. The number of nitrogens with zero attached hydrogens (tertiary/aromatic N) is 1. The number of carbonyl (C=O) groups is 3. The Morgan fingerprint density at radius 3 is 2.77 bits per heavy atom. The first-order valence-corrected chi connectivity index (χ1v) is 9.28. The average molecular weight is 396 g/mol. The van der Waals surface area contributed by atoms with Crippen molar-refractivity contribution in [3.63, 3.8) is 0 Å². The number of thioether (sulfide) groups is 1. The van der Waals surface area contributed by atoms with Gasteiger partial charge < -0.3 is 14.4 Å². The number of halogens is 1. The van der Waals surface area contributed by atoms with E-state index >= 15 is 0 Å². The molecule has 0 radical (unpaired) electrons. The minimum Gasteiger partial charge on any atom is -0.463 e. The van der Waals surface area contributed by atoms with E-state index < -0.39 is 11.9 Å². The normalized spacial score (nSPS) is 15.7. The van der Waals surface area contributed by atoms with Gasteiger partial charge in [-0.3, -0.25) is 4.79 Å². The Hall–Kier alpha value is -2.25. The van der Waals surface area contributed by atoms with Gasteiger partial charge >= 0.3 is 11.9 Å². The molecule has 8 heteroatoms. The summed E-state index contributed by atoms with van der Waals surface area (Å²) >= 11 is 7.25. The molecule has 1 aliphatic rings. The van der Waals surface area contributed by atoms with Crippen molar-refractivity contribution in [2.75, 3.05) is 25.5 Å². The van der Waals surface area contributed by atoms with Crippen LogP contribution < -0.4 is 0 Å². The third kappa shape index (κ3) is 5.93. The van der Waals surface area contributed by atoms with Crippen molar-refractivity contribution in [1.82, 2.24) is 4.90 Å². The van der Waals surface area contributed by atoms with Gasteiger partial charge in [0, 0.05) is 11.1 Å². The molecule has 1 heterocycles. The van der Waals surface area contributed by atoms with Crippen LogP contribution in [-0.2, 0) is 23.9 Å². The molecule has 0 aliphatic carbocycles. The molecular weight excluding hydrogens is 378 g/mol. The van der Waals surface area contributed by atoms with Crippen LogP contribution in [0.2, 0.25) is 5.02 Å². The Labute approximate surface area is 160 Å². The van der Waals surface area contributed by atoms with Gasteiger partial charge in [-0.1, -0.05) is 41.6 Å². The SMILES string of the molecule is CCOC(=O)/C=C1\SCC(=O)N1CCOC(=O)/C=C/c1ccccc1Cl. The fraction of sp³-hybridized carbons (Fsp3) is 0.278. The summed E-state index contributed by atoms with van der Waals surface area (Å²) in [5.41, 5.74) is 0.705. The van der Waals surface area contributed by atoms with Crippen LogP contribution >= 0.6 is 23.4 Å². The van der Waals surface area contributed by atoms with E-state index in [9.17, 15) is 14.4 Å². The average Bonchev–Trinajstić information content (AvgIpc) is 2.94. The molecule has 0 spiro atoms. The van der Waals surface area contributed by atoms with Gasteiger partial charge in [0.1, 0.15) is 6.61 Å². The van der Waals surface area contributed by atoms with Gasteiger partial charge in [-0.25, -0.2) is 9.59 Å². The molecule has 1 aliphatic heterocycles. The van der Waals surface area contributed by atoms with E-state index in [-0.39, 0.29) is 31.4 Å². The summed E-state index contributed by atoms with van der Waals surface area (Å²) in [6, 6.07) is 7.11. The van der Waals surface area contributed by atoms with Crippen molar-refractivity contribution in [1.29, 1.82) is 0 Å². The lowest BCUT2D eigenvalue weighted by molar-refractivity contribution is -0.140. The van der Waals surface area contributed by atoms with Crippen LogP contribution in [0.15, 0.2) is 41.4 Å². The molecule has 1 aromatic rings. The molecule has 0 N–H and O–H groups in total. The Morgan fingerprint density at radius 2 is 2.04 bits per heavy atom. The van der Waals surface area contributed by atoms with Crippen molar-refractivity contribution in [2.45, 2.75) is 6.92 Å². The maximum Gasteiger partial charge on any atom is 0.333 e. The Bertz CT molecular complexity index is 747. The number of rotatable bonds is 7. The number of carbonyl (C=O) groups excluding carboxylic acids is 3. The van der Waals surface area contributed by atoms with E-state index in [0.717, 1.165) is 0 Å². The van der Waals surface area contributed by atoms with Crippen LogP contribution in [0, 0.1) is 0 Å². The number of benzene rings is 1. The minimum absolute atomic E-state index is 0.0121. The van der Waals surface area contributed by atoms with Crippen molar-refractivity contribution < 1.29 is 23.9 Å². The third-order valence-corrected chi connectivity index (χ3v) is 4.67. The molecule has 0 aromatic heterocycles. The van der Waals surface area contributed by atoms with Crippen LogP contribution in [0.1, 0.15) is 12.5 Å². The number of amides is 1. The van der Waals surface area contributed by atoms with Gasteiger partial charge in [-0.2, -0.15) is 0 Å². The molecule has 0 saturated carbocycles. The summed E-state index contributed by atoms with van der Waals surface area (Å²) in [5.74, 6) is -0.950. The van der Waals surface area contributed by atoms with Gasteiger partial charge in [0.25, 0.3) is 0 Å². The number of hydrogen-bond acceptors (Lipinski definition) is 6. The topological polar surface area (TPSA) is 72.9 Å². The number of hydrogen-bond donors (Lipinski definition) is 0. The minimum atomic E-state index is -0.542. The largest absolute Gasteiger partial charge is 0.463 e. The molecule has 0 bridgehead atoms. The lowest BCUT2D eigenvalue weighted by Crippen LogP contribution is -2.29. The smallest absolute Gasteiger partial charge is 0.333 e. The quantitative estimate of drug-likeness (QED) is 0.522. The van der Waals surface area contributed by atoms with Crippen molar-refractivity contribution in [3.05, 3.63) is 52.0 Å². The van der Waals surface area contributed by atoms with Crippen molar-refractivity contribution >= 4 is 47.3 Å². The van der Waals surface area contributed by atoms with Gasteiger partial charge in [0.15, 0.2) is 0 Å². The van der Waals surface area contributed by atoms with Gasteiger partial charge in [-0.15, -0.1) is 0 Å². The molecule has 138 valence electrons. The molecular formula is C18H18ClNO5S. The summed E-state index contributed by atoms with van der Waals surface area (Å²) in [5, 5.41) is 1.03. The highest BCUT2D eigenvalue weighted by Gasteiger charge is 2.27. The standard InChI is InChI=1S/C18H18ClNO5S/c1-2-24-18(23)11-16-20(15(21)12-26-16)9-10-25-17(22)8-7-13-5-3-4-6-14(13)19/h3-8,11H,2,9-10,12H2,1H3/b8-7+,16-11-. The predicted octanol–water partition coefficient (Wildman–Crippen LogP) is 2.88. The van der Waals surface area contributed by atoms with E-state index in [1.54, 1.807) is 31.2 Å². The van der Waals surface area contributed by atoms with Crippen LogP contribution in [-0.4, -0.2) is 48.3 Å². The lowest BCUT2D eigenvalue weighted by Gasteiger charge is -2.16. The Balaban J connectivity index is 1.85. The van der Waals surface area contributed by atoms with Crippen LogP contribution in [0.3, 0.4) is 0 Å². The Morgan fingerprint density at radius 1 is 1.27 bits per heavy atom. The summed E-state index contributed by atoms with van der Waals surface area (Å²) in [7, 11) is 0. The highest BCUT2D eigenvalue weighted by molar-refractivity contribution is 8.04. The second kappa shape index (κ2) is 10.0. The first-order valence-electron chi connectivity index (χ1n) is 7.92. The molecule has 26 heavy (non-hydrogen) atoms. The zero-order valence-corrected chi connectivity index (χ0v) is 15.7. The molecule has 1 saturated heterocycles. The molecule has 1 amide bonds. The number of ether oxygens (including phenoxy) is 2. The summed E-state index contributed by atoms with van der Waals surface area (Å²) in [6.45, 7) is 2.15. The van der Waals surface area contributed by atoms with Gasteiger partial charge in [0.2, 0.25) is 5.91 Å². The van der Waals surface area contributed by atoms with Crippen LogP contribution in [0.5, 0.6) is 0 Å². The highest BCUT2D eigenvalue weighted by atomic mass is 35.5. The van der Waals surface area contributed by atoms with Crippen molar-refractivity contribution in [2.24, 2.45) is 0 Å². The zero-order valence-electron chi connectivity index (χ0n) is 14.1. The molecule has 6 nitrogen and oxygen atoms in total. The van der Waals surface area contributed by atoms with Gasteiger partial charge in [0.05, 0.1) is 30.0 Å². The third-order valence-electron chi connectivity index (χ3n) is 3.30. The van der Waals surface area contributed by atoms with E-state index in [2.05, 4.69) is 0 Å². The lowest BCUT2D eigenvalue weighted by atomic mass is 10.2. The molecule has 1 aromatic carbocycles. The fourth-order valence-electron chi connectivity index (χ4n) is 2.11. The predicted molar refractivity (Wildman–Crippen MR) is 100 cm³/mol. The van der Waals surface area contributed by atoms with E-state index in [1.807, 2.05) is 6.07 Å². The second-order valence-electron chi connectivity index (χ2n) is 5.09. The highest BCUT2D eigenvalue weighted by Crippen LogP contribution is 2.28. The molecule has 2 rings (SSSR count). The summed E-state index contributed by atoms with van der Waals surface area (Å²) in [6.07, 6.45) is 4.11. The second-order valence-corrected chi connectivity index (χ2v) is 6.49.